The molecule has 0 bridgehead atoms. The van der Waals surface area contributed by atoms with Gasteiger partial charge in [0.2, 0.25) is 5.91 Å². The van der Waals surface area contributed by atoms with Crippen LogP contribution in [0.4, 0.5) is 19.7 Å². The van der Waals surface area contributed by atoms with Gasteiger partial charge in [0.25, 0.3) is 0 Å². The van der Waals surface area contributed by atoms with Gasteiger partial charge in [0.05, 0.1) is 10.2 Å². The van der Waals surface area contributed by atoms with Gasteiger partial charge in [-0.05, 0) is 18.2 Å². The van der Waals surface area contributed by atoms with Crippen LogP contribution in [0.5, 0.6) is 6.01 Å². The Morgan fingerprint density at radius 2 is 1.94 bits per heavy atom. The first kappa shape index (κ1) is 23.2. The van der Waals surface area contributed by atoms with E-state index in [-0.39, 0.29) is 49.2 Å². The number of amides is 1. The van der Waals surface area contributed by atoms with E-state index in [0.29, 0.717) is 37.2 Å². The summed E-state index contributed by atoms with van der Waals surface area (Å²) in [5.74, 6) is -1.15. The van der Waals surface area contributed by atoms with Crippen LogP contribution in [-0.4, -0.2) is 57.0 Å². The Hall–Kier alpha value is -3.57. The number of aromatic nitrogens is 3. The summed E-state index contributed by atoms with van der Waals surface area (Å²) in [6.07, 6.45) is 3.09. The van der Waals surface area contributed by atoms with Crippen LogP contribution in [0, 0.1) is 5.82 Å². The van der Waals surface area contributed by atoms with E-state index in [2.05, 4.69) is 21.5 Å². The van der Waals surface area contributed by atoms with E-state index in [9.17, 15) is 14.3 Å². The van der Waals surface area contributed by atoms with Gasteiger partial charge in [-0.3, -0.25) is 4.79 Å². The third-order valence-electron chi connectivity index (χ3n) is 5.94. The molecule has 3 aromatic rings. The summed E-state index contributed by atoms with van der Waals surface area (Å²) in [7, 11) is 0. The van der Waals surface area contributed by atoms with Crippen LogP contribution in [0.2, 0.25) is 0 Å². The number of piperazine rings is 1. The van der Waals surface area contributed by atoms with Crippen molar-refractivity contribution in [3.63, 3.8) is 0 Å². The minimum atomic E-state index is -0.794. The number of aromatic hydroxyl groups is 1. The highest BCUT2D eigenvalue weighted by atomic mass is 35.5. The molecule has 1 amide bonds. The summed E-state index contributed by atoms with van der Waals surface area (Å²) in [5, 5.41) is 10.8. The number of nitrogen functional groups attached to an aromatic ring is 1. The topological polar surface area (TPSA) is 108 Å². The molecule has 180 valence electrons. The van der Waals surface area contributed by atoms with E-state index in [1.807, 2.05) is 4.90 Å². The van der Waals surface area contributed by atoms with Gasteiger partial charge in [-0.25, -0.2) is 13.8 Å². The maximum absolute atomic E-state index is 16.1. The molecule has 3 N–H and O–H groups in total. The number of rotatable bonds is 3. The Morgan fingerprint density at radius 3 is 2.66 bits per heavy atom. The number of hydrogen-bond donors (Lipinski definition) is 2. The lowest BCUT2D eigenvalue weighted by Gasteiger charge is -2.35. The first-order valence-corrected chi connectivity index (χ1v) is 11.8. The molecule has 0 unspecified atom stereocenters. The molecule has 1 fully saturated rings. The highest BCUT2D eigenvalue weighted by Gasteiger charge is 2.26. The van der Waals surface area contributed by atoms with Gasteiger partial charge < -0.3 is 20.6 Å². The van der Waals surface area contributed by atoms with Crippen LogP contribution in [0.15, 0.2) is 29.8 Å². The van der Waals surface area contributed by atoms with Crippen LogP contribution >= 0.6 is 22.9 Å². The average molecular weight is 517 g/mol. The fourth-order valence-corrected chi connectivity index (χ4v) is 5.33. The normalized spacial score (nSPS) is 16.3. The molecule has 35 heavy (non-hydrogen) atoms. The van der Waals surface area contributed by atoms with Crippen LogP contribution < -0.4 is 21.2 Å². The molecule has 1 aliphatic heterocycles. The van der Waals surface area contributed by atoms with Crippen molar-refractivity contribution in [3.05, 3.63) is 51.8 Å². The highest BCUT2D eigenvalue weighted by Crippen LogP contribution is 2.39. The maximum atomic E-state index is 16.1. The summed E-state index contributed by atoms with van der Waals surface area (Å²) in [6.45, 7) is 5.18. The molecular formula is C23H19ClF2N6O2S. The largest absolute Gasteiger partial charge is 0.479 e. The van der Waals surface area contributed by atoms with Gasteiger partial charge in [-0.15, -0.1) is 0 Å². The molecule has 8 nitrogen and oxygen atoms in total. The zero-order valence-corrected chi connectivity index (χ0v) is 19.8. The van der Waals surface area contributed by atoms with E-state index < -0.39 is 17.7 Å². The van der Waals surface area contributed by atoms with E-state index in [0.717, 1.165) is 11.3 Å². The second-order valence-corrected chi connectivity index (χ2v) is 9.44. The van der Waals surface area contributed by atoms with E-state index in [1.165, 1.54) is 18.2 Å². The van der Waals surface area contributed by atoms with Crippen molar-refractivity contribution in [2.75, 3.05) is 36.8 Å². The van der Waals surface area contributed by atoms with Crippen molar-refractivity contribution in [2.45, 2.75) is 6.42 Å². The van der Waals surface area contributed by atoms with Gasteiger partial charge in [0.15, 0.2) is 11.0 Å². The third kappa shape index (κ3) is 4.00. The van der Waals surface area contributed by atoms with Gasteiger partial charge >= 0.3 is 6.01 Å². The zero-order chi connectivity index (χ0) is 24.9. The van der Waals surface area contributed by atoms with Gasteiger partial charge in [0, 0.05) is 54.0 Å². The summed E-state index contributed by atoms with van der Waals surface area (Å²) < 4.78 is 30.7. The number of carbonyl (C=O) groups is 1. The van der Waals surface area contributed by atoms with Gasteiger partial charge in [0.1, 0.15) is 17.0 Å². The predicted molar refractivity (Wildman–Crippen MR) is 132 cm³/mol. The standard InChI is InChI=1S/C23H19ClF2N6O2S/c1-2-15(33)31-7-9-32(10-8-31)21-12-3-5-13(24)16(17(26)18(12)29-23(34)30-21)11-4-6-14(25)20-19(11)28-22(27)35-20/h2-4,6H,1,5,7-10H2,(H2,27,28)(H,29,34). The monoisotopic (exact) mass is 516 g/mol. The minimum Gasteiger partial charge on any atom is -0.479 e. The maximum Gasteiger partial charge on any atom is 0.316 e. The molecule has 1 saturated heterocycles. The fourth-order valence-electron chi connectivity index (χ4n) is 4.30. The third-order valence-corrected chi connectivity index (χ3v) is 7.18. The van der Waals surface area contributed by atoms with Crippen molar-refractivity contribution < 1.29 is 18.7 Å². The van der Waals surface area contributed by atoms with Crippen LogP contribution in [0.25, 0.3) is 27.7 Å². The number of carbonyl (C=O) groups excluding carboxylic acids is 1. The Balaban J connectivity index is 1.65. The number of nitrogens with two attached hydrogens (primary N) is 1. The molecule has 1 aliphatic carbocycles. The first-order chi connectivity index (χ1) is 16.8. The molecule has 1 aromatic carbocycles. The average Bonchev–Trinajstić information content (AvgIpc) is 3.21. The summed E-state index contributed by atoms with van der Waals surface area (Å²) >= 11 is 7.52. The van der Waals surface area contributed by atoms with Crippen LogP contribution in [-0.2, 0) is 4.79 Å². The van der Waals surface area contributed by atoms with E-state index >= 15 is 4.39 Å². The lowest BCUT2D eigenvalue weighted by Crippen LogP contribution is -2.51. The quantitative estimate of drug-likeness (QED) is 0.514. The Kier molecular flexibility index (Phi) is 5.89. The number of anilines is 2. The molecule has 2 aromatic heterocycles. The molecule has 5 rings (SSSR count). The van der Waals surface area contributed by atoms with Crippen LogP contribution in [0.3, 0.4) is 0 Å². The number of halogens is 3. The van der Waals surface area contributed by atoms with Crippen molar-refractivity contribution in [3.8, 4) is 6.01 Å². The van der Waals surface area contributed by atoms with E-state index in [1.54, 1.807) is 11.0 Å². The van der Waals surface area contributed by atoms with Crippen molar-refractivity contribution in [1.82, 2.24) is 19.9 Å². The molecular weight excluding hydrogens is 498 g/mol. The SMILES string of the molecule is C=CC(=O)N1CCN(c2nc(O)nc3c2=CCC(Cl)=C(c2ccc(F)c4sc(N)nc24)C=3F)CC1. The molecule has 2 aliphatic rings. The summed E-state index contributed by atoms with van der Waals surface area (Å²) in [6, 6.07) is 2.01. The smallest absolute Gasteiger partial charge is 0.316 e. The highest BCUT2D eigenvalue weighted by molar-refractivity contribution is 7.22. The lowest BCUT2D eigenvalue weighted by molar-refractivity contribution is -0.126. The Labute approximate surface area is 207 Å². The number of hydrogen-bond acceptors (Lipinski definition) is 8. The lowest BCUT2D eigenvalue weighted by atomic mass is 10.0. The molecule has 0 atom stereocenters. The zero-order valence-electron chi connectivity index (χ0n) is 18.3. The molecule has 0 spiro atoms. The Bertz CT molecular complexity index is 1550. The number of benzene rings is 1. The molecule has 3 heterocycles. The van der Waals surface area contributed by atoms with Gasteiger partial charge in [-0.2, -0.15) is 9.97 Å². The molecule has 0 saturated carbocycles. The van der Waals surface area contributed by atoms with E-state index in [4.69, 9.17) is 17.3 Å². The van der Waals surface area contributed by atoms with Crippen LogP contribution in [0.1, 0.15) is 12.0 Å². The summed E-state index contributed by atoms with van der Waals surface area (Å²) in [4.78, 5) is 27.7. The molecule has 0 radical (unpaired) electrons. The van der Waals surface area contributed by atoms with Crippen molar-refractivity contribution >= 4 is 67.5 Å². The number of allylic oxidation sites excluding steroid dienone is 2. The second-order valence-electron chi connectivity index (χ2n) is 7.95. The van der Waals surface area contributed by atoms with Crippen molar-refractivity contribution in [1.29, 1.82) is 0 Å². The summed E-state index contributed by atoms with van der Waals surface area (Å²) in [5.41, 5.74) is 6.26. The predicted octanol–water partition coefficient (Wildman–Crippen LogP) is 2.26. The number of fused-ring (bicyclic) bond motifs is 2. The first-order valence-electron chi connectivity index (χ1n) is 10.7. The fraction of sp³-hybridized carbons (Fsp3) is 0.217. The van der Waals surface area contributed by atoms with Crippen molar-refractivity contribution in [2.24, 2.45) is 0 Å². The minimum absolute atomic E-state index is 0.00224. The Morgan fingerprint density at radius 1 is 1.20 bits per heavy atom. The number of thiazole rings is 1. The second kappa shape index (κ2) is 8.90. The van der Waals surface area contributed by atoms with Gasteiger partial charge in [-0.1, -0.05) is 35.6 Å². The molecule has 12 heteroatoms. The number of nitrogens with zero attached hydrogens (tertiary/aromatic N) is 5.